The van der Waals surface area contributed by atoms with Crippen LogP contribution in [-0.2, 0) is 0 Å². The summed E-state index contributed by atoms with van der Waals surface area (Å²) in [5.41, 5.74) is 12.3. The van der Waals surface area contributed by atoms with Crippen molar-refractivity contribution in [2.24, 2.45) is 11.5 Å². The van der Waals surface area contributed by atoms with Crippen molar-refractivity contribution in [2.45, 2.75) is 51.1 Å². The van der Waals surface area contributed by atoms with Gasteiger partial charge in [0.15, 0.2) is 11.6 Å². The number of carbonyl (C=O) groups excluding carboxylic acids is 1. The van der Waals surface area contributed by atoms with Gasteiger partial charge in [0.25, 0.3) is 5.91 Å². The van der Waals surface area contributed by atoms with Gasteiger partial charge in [-0.1, -0.05) is 19.8 Å². The van der Waals surface area contributed by atoms with Gasteiger partial charge in [-0.2, -0.15) is 0 Å². The Morgan fingerprint density at radius 2 is 2.03 bits per heavy atom. The molecule has 2 aromatic heterocycles. The number of pyridine rings is 2. The summed E-state index contributed by atoms with van der Waals surface area (Å²) in [6, 6.07) is 8.40. The highest BCUT2D eigenvalue weighted by Crippen LogP contribution is 2.30. The van der Waals surface area contributed by atoms with Gasteiger partial charge in [-0.25, -0.2) is 14.4 Å². The molecule has 2 atom stereocenters. The second kappa shape index (κ2) is 9.99. The number of aromatic nitrogens is 2. The number of ether oxygens (including phenoxy) is 1. The summed E-state index contributed by atoms with van der Waals surface area (Å²) in [7, 11) is 0. The van der Waals surface area contributed by atoms with Crippen LogP contribution in [0.3, 0.4) is 0 Å². The minimum Gasteiger partial charge on any atom is -0.477 e. The number of hydrogen-bond acceptors (Lipinski definition) is 7. The minimum absolute atomic E-state index is 0.0345. The van der Waals surface area contributed by atoms with E-state index in [9.17, 15) is 9.18 Å². The van der Waals surface area contributed by atoms with Gasteiger partial charge in [0.2, 0.25) is 5.88 Å². The average molecular weight is 453 g/mol. The van der Waals surface area contributed by atoms with Crippen molar-refractivity contribution in [3.63, 3.8) is 0 Å². The summed E-state index contributed by atoms with van der Waals surface area (Å²) < 4.78 is 20.5. The third-order valence-corrected chi connectivity index (χ3v) is 5.82. The normalized spacial score (nSPS) is 18.2. The summed E-state index contributed by atoms with van der Waals surface area (Å²) in [6.45, 7) is 2.61. The number of anilines is 3. The number of primary amides is 1. The van der Waals surface area contributed by atoms with Gasteiger partial charge in [0.05, 0.1) is 12.2 Å². The molecule has 0 spiro atoms. The first-order chi connectivity index (χ1) is 16.0. The molecule has 8 nitrogen and oxygen atoms in total. The van der Waals surface area contributed by atoms with Gasteiger partial charge < -0.3 is 26.8 Å². The van der Waals surface area contributed by atoms with Crippen molar-refractivity contribution in [1.82, 2.24) is 9.97 Å². The Labute approximate surface area is 191 Å². The molecular formula is C24H29FN6O2. The van der Waals surface area contributed by atoms with E-state index in [1.54, 1.807) is 6.20 Å². The molecule has 0 radical (unpaired) electrons. The molecule has 1 aliphatic carbocycles. The van der Waals surface area contributed by atoms with E-state index in [-0.39, 0.29) is 29.3 Å². The molecule has 174 valence electrons. The van der Waals surface area contributed by atoms with E-state index in [2.05, 4.69) is 20.6 Å². The van der Waals surface area contributed by atoms with Crippen LogP contribution >= 0.6 is 0 Å². The van der Waals surface area contributed by atoms with Crippen molar-refractivity contribution >= 4 is 34.0 Å². The number of benzene rings is 1. The SMILES string of the molecule is CCCOc1nccc2cc(Nc3nc(N[C@@H]4CCCC[C@@H]4N)c(F)cc3C(N)=O)ccc12. The highest BCUT2D eigenvalue weighted by molar-refractivity contribution is 5.99. The molecule has 33 heavy (non-hydrogen) atoms. The van der Waals surface area contributed by atoms with Crippen LogP contribution in [-0.4, -0.2) is 34.6 Å². The van der Waals surface area contributed by atoms with E-state index in [1.807, 2.05) is 31.2 Å². The number of nitrogens with two attached hydrogens (primary N) is 2. The maximum atomic E-state index is 14.7. The highest BCUT2D eigenvalue weighted by atomic mass is 19.1. The van der Waals surface area contributed by atoms with E-state index in [0.717, 1.165) is 48.9 Å². The Morgan fingerprint density at radius 3 is 2.79 bits per heavy atom. The van der Waals surface area contributed by atoms with Crippen molar-refractivity contribution in [2.75, 3.05) is 17.2 Å². The number of nitrogens with one attached hydrogen (secondary N) is 2. The lowest BCUT2D eigenvalue weighted by molar-refractivity contribution is 0.100. The third kappa shape index (κ3) is 5.14. The lowest BCUT2D eigenvalue weighted by atomic mass is 9.91. The van der Waals surface area contributed by atoms with Gasteiger partial charge in [0.1, 0.15) is 5.82 Å². The zero-order chi connectivity index (χ0) is 23.4. The molecule has 9 heteroatoms. The Hall–Kier alpha value is -3.46. The van der Waals surface area contributed by atoms with Crippen LogP contribution < -0.4 is 26.8 Å². The van der Waals surface area contributed by atoms with Crippen molar-refractivity contribution in [3.05, 3.63) is 47.9 Å². The van der Waals surface area contributed by atoms with E-state index < -0.39 is 11.7 Å². The molecule has 1 aromatic carbocycles. The van der Waals surface area contributed by atoms with Crippen LogP contribution in [0.1, 0.15) is 49.4 Å². The number of nitrogens with zero attached hydrogens (tertiary/aromatic N) is 2. The van der Waals surface area contributed by atoms with Crippen LogP contribution in [0.2, 0.25) is 0 Å². The first-order valence-corrected chi connectivity index (χ1v) is 11.3. The molecule has 1 fully saturated rings. The fraction of sp³-hybridized carbons (Fsp3) is 0.375. The van der Waals surface area contributed by atoms with E-state index in [1.165, 1.54) is 0 Å². The first kappa shape index (κ1) is 22.7. The summed E-state index contributed by atoms with van der Waals surface area (Å²) in [4.78, 5) is 20.7. The van der Waals surface area contributed by atoms with Crippen LogP contribution in [0, 0.1) is 5.82 Å². The van der Waals surface area contributed by atoms with Crippen molar-refractivity contribution in [1.29, 1.82) is 0 Å². The fourth-order valence-corrected chi connectivity index (χ4v) is 4.07. The second-order valence-corrected chi connectivity index (χ2v) is 8.30. The first-order valence-electron chi connectivity index (χ1n) is 11.3. The number of hydrogen-bond donors (Lipinski definition) is 4. The predicted octanol–water partition coefficient (Wildman–Crippen LogP) is 4.08. The second-order valence-electron chi connectivity index (χ2n) is 8.30. The topological polar surface area (TPSA) is 128 Å². The van der Waals surface area contributed by atoms with Gasteiger partial charge in [0, 0.05) is 29.4 Å². The molecule has 0 unspecified atom stereocenters. The van der Waals surface area contributed by atoms with Gasteiger partial charge >= 0.3 is 0 Å². The summed E-state index contributed by atoms with van der Waals surface area (Å²) in [6.07, 6.45) is 6.35. The van der Waals surface area contributed by atoms with Gasteiger partial charge in [-0.05, 0) is 55.0 Å². The highest BCUT2D eigenvalue weighted by Gasteiger charge is 2.24. The smallest absolute Gasteiger partial charge is 0.252 e. The largest absolute Gasteiger partial charge is 0.477 e. The lowest BCUT2D eigenvalue weighted by Gasteiger charge is -2.30. The molecular weight excluding hydrogens is 423 g/mol. The monoisotopic (exact) mass is 452 g/mol. The van der Waals surface area contributed by atoms with Crippen LogP contribution in [0.25, 0.3) is 10.8 Å². The number of rotatable bonds is 8. The van der Waals surface area contributed by atoms with Crippen LogP contribution in [0.5, 0.6) is 5.88 Å². The van der Waals surface area contributed by atoms with Gasteiger partial charge in [-0.3, -0.25) is 4.79 Å². The average Bonchev–Trinajstić information content (AvgIpc) is 2.80. The van der Waals surface area contributed by atoms with Crippen LogP contribution in [0.4, 0.5) is 21.7 Å². The zero-order valence-corrected chi connectivity index (χ0v) is 18.6. The number of fused-ring (bicyclic) bond motifs is 1. The maximum Gasteiger partial charge on any atom is 0.252 e. The lowest BCUT2D eigenvalue weighted by Crippen LogP contribution is -2.43. The minimum atomic E-state index is -0.773. The van der Waals surface area contributed by atoms with E-state index in [4.69, 9.17) is 16.2 Å². The molecule has 0 bridgehead atoms. The standard InChI is InChI=1S/C24H29FN6O2/c1-2-11-33-24-16-8-7-15(12-14(16)9-10-28-24)29-22-17(21(27)32)13-18(25)23(31-22)30-20-6-4-3-5-19(20)26/h7-10,12-13,19-20H,2-6,11,26H2,1H3,(H2,27,32)(H2,29,30,31)/t19-,20+/m0/s1. The van der Waals surface area contributed by atoms with E-state index >= 15 is 0 Å². The number of carbonyl (C=O) groups is 1. The fourth-order valence-electron chi connectivity index (χ4n) is 4.07. The third-order valence-electron chi connectivity index (χ3n) is 5.82. The maximum absolute atomic E-state index is 14.7. The van der Waals surface area contributed by atoms with Crippen molar-refractivity contribution < 1.29 is 13.9 Å². The molecule has 1 aliphatic rings. The molecule has 0 saturated heterocycles. The van der Waals surface area contributed by atoms with Crippen LogP contribution in [0.15, 0.2) is 36.5 Å². The molecule has 2 heterocycles. The molecule has 6 N–H and O–H groups in total. The Kier molecular flexibility index (Phi) is 6.88. The van der Waals surface area contributed by atoms with E-state index in [0.29, 0.717) is 18.2 Å². The number of amides is 1. The quantitative estimate of drug-likeness (QED) is 0.405. The number of halogens is 1. The Balaban J connectivity index is 1.64. The molecule has 1 amide bonds. The Morgan fingerprint density at radius 1 is 1.21 bits per heavy atom. The molecule has 0 aliphatic heterocycles. The summed E-state index contributed by atoms with van der Waals surface area (Å²) in [5, 5.41) is 8.00. The van der Waals surface area contributed by atoms with Gasteiger partial charge in [-0.15, -0.1) is 0 Å². The predicted molar refractivity (Wildman–Crippen MR) is 127 cm³/mol. The molecule has 3 aromatic rings. The molecule has 1 saturated carbocycles. The Bertz CT molecular complexity index is 1160. The summed E-state index contributed by atoms with van der Waals surface area (Å²) >= 11 is 0. The zero-order valence-electron chi connectivity index (χ0n) is 18.6. The van der Waals surface area contributed by atoms with Crippen molar-refractivity contribution in [3.8, 4) is 5.88 Å². The summed E-state index contributed by atoms with van der Waals surface area (Å²) in [5.74, 6) is -0.634. The molecule has 4 rings (SSSR count).